The highest BCUT2D eigenvalue weighted by atomic mass is 79.9. The first-order valence-electron chi connectivity index (χ1n) is 6.77. The maximum atomic E-state index is 12.0. The number of amides is 1. The van der Waals surface area contributed by atoms with Gasteiger partial charge in [-0.05, 0) is 46.8 Å². The molecule has 7 heteroatoms. The van der Waals surface area contributed by atoms with Gasteiger partial charge in [-0.3, -0.25) is 14.9 Å². The molecule has 0 aliphatic carbocycles. The molecular formula is C14H20BrN3O3. The fraction of sp³-hybridized carbons (Fsp3) is 0.500. The number of nitro benzene ring substituents is 1. The van der Waals surface area contributed by atoms with Crippen molar-refractivity contribution in [2.45, 2.75) is 26.7 Å². The standard InChI is InChI=1S/C14H20BrN3O3/c1-9(2)5-10(8-16)6-14(19)17-13-4-3-11(18(20)21)7-12(13)15/h3-4,7,9-10H,5-6,8,16H2,1-2H3,(H,17,19). The number of non-ortho nitro benzene ring substituents is 1. The summed E-state index contributed by atoms with van der Waals surface area (Å²) in [5.74, 6) is 0.486. The van der Waals surface area contributed by atoms with Crippen LogP contribution in [0, 0.1) is 22.0 Å². The maximum absolute atomic E-state index is 12.0. The van der Waals surface area contributed by atoms with E-state index in [1.54, 1.807) is 0 Å². The van der Waals surface area contributed by atoms with Gasteiger partial charge in [0.2, 0.25) is 5.91 Å². The van der Waals surface area contributed by atoms with Crippen LogP contribution < -0.4 is 11.1 Å². The quantitative estimate of drug-likeness (QED) is 0.577. The molecule has 21 heavy (non-hydrogen) atoms. The number of anilines is 1. The lowest BCUT2D eigenvalue weighted by atomic mass is 9.94. The van der Waals surface area contributed by atoms with E-state index in [4.69, 9.17) is 5.73 Å². The van der Waals surface area contributed by atoms with Crippen molar-refractivity contribution >= 4 is 33.2 Å². The first-order chi connectivity index (χ1) is 9.83. The van der Waals surface area contributed by atoms with Gasteiger partial charge in [0.15, 0.2) is 0 Å². The molecule has 0 heterocycles. The predicted molar refractivity (Wildman–Crippen MR) is 86.0 cm³/mol. The second-order valence-electron chi connectivity index (χ2n) is 5.40. The van der Waals surface area contributed by atoms with Gasteiger partial charge in [0, 0.05) is 23.0 Å². The minimum atomic E-state index is -0.483. The van der Waals surface area contributed by atoms with Crippen LogP contribution >= 0.6 is 15.9 Å². The summed E-state index contributed by atoms with van der Waals surface area (Å²) in [6, 6.07) is 4.24. The Balaban J connectivity index is 2.68. The molecule has 1 rings (SSSR count). The van der Waals surface area contributed by atoms with Crippen molar-refractivity contribution in [1.82, 2.24) is 0 Å². The summed E-state index contributed by atoms with van der Waals surface area (Å²) >= 11 is 3.22. The Hall–Kier alpha value is -1.47. The van der Waals surface area contributed by atoms with Crippen LogP contribution in [0.5, 0.6) is 0 Å². The van der Waals surface area contributed by atoms with Gasteiger partial charge >= 0.3 is 0 Å². The molecule has 1 aromatic rings. The largest absolute Gasteiger partial charge is 0.330 e. The lowest BCUT2D eigenvalue weighted by Crippen LogP contribution is -2.23. The third-order valence-corrected chi connectivity index (χ3v) is 3.71. The highest BCUT2D eigenvalue weighted by Gasteiger charge is 2.16. The second-order valence-corrected chi connectivity index (χ2v) is 6.26. The summed E-state index contributed by atoms with van der Waals surface area (Å²) in [6.45, 7) is 4.65. The topological polar surface area (TPSA) is 98.3 Å². The molecule has 3 N–H and O–H groups in total. The molecule has 0 fully saturated rings. The molecule has 1 amide bonds. The van der Waals surface area contributed by atoms with Crippen molar-refractivity contribution in [3.8, 4) is 0 Å². The average molecular weight is 358 g/mol. The molecular weight excluding hydrogens is 338 g/mol. The Morgan fingerprint density at radius 2 is 2.14 bits per heavy atom. The van der Waals surface area contributed by atoms with Gasteiger partial charge in [-0.2, -0.15) is 0 Å². The number of rotatable bonds is 7. The molecule has 1 aromatic carbocycles. The predicted octanol–water partition coefficient (Wildman–Crippen LogP) is 3.31. The number of hydrogen-bond donors (Lipinski definition) is 2. The molecule has 1 atom stereocenters. The molecule has 0 aliphatic heterocycles. The molecule has 6 nitrogen and oxygen atoms in total. The number of carbonyl (C=O) groups excluding carboxylic acids is 1. The van der Waals surface area contributed by atoms with Crippen LogP contribution in [-0.2, 0) is 4.79 Å². The number of nitro groups is 1. The van der Waals surface area contributed by atoms with E-state index >= 15 is 0 Å². The third kappa shape index (κ3) is 5.81. The fourth-order valence-electron chi connectivity index (χ4n) is 2.11. The number of hydrogen-bond acceptors (Lipinski definition) is 4. The van der Waals surface area contributed by atoms with E-state index in [0.29, 0.717) is 29.0 Å². The molecule has 1 unspecified atom stereocenters. The van der Waals surface area contributed by atoms with Crippen LogP contribution in [-0.4, -0.2) is 17.4 Å². The summed E-state index contributed by atoms with van der Waals surface area (Å²) < 4.78 is 0.484. The maximum Gasteiger partial charge on any atom is 0.270 e. The Labute approximate surface area is 132 Å². The molecule has 0 aromatic heterocycles. The van der Waals surface area contributed by atoms with E-state index < -0.39 is 4.92 Å². The highest BCUT2D eigenvalue weighted by molar-refractivity contribution is 9.10. The minimum Gasteiger partial charge on any atom is -0.330 e. The molecule has 0 spiro atoms. The fourth-order valence-corrected chi connectivity index (χ4v) is 2.58. The average Bonchev–Trinajstić information content (AvgIpc) is 2.39. The molecule has 0 bridgehead atoms. The van der Waals surface area contributed by atoms with Crippen molar-refractivity contribution in [2.75, 3.05) is 11.9 Å². The SMILES string of the molecule is CC(C)CC(CN)CC(=O)Nc1ccc([N+](=O)[O-])cc1Br. The molecule has 0 radical (unpaired) electrons. The number of nitrogens with one attached hydrogen (secondary N) is 1. The van der Waals surface area contributed by atoms with Gasteiger partial charge in [0.1, 0.15) is 0 Å². The normalized spacial score (nSPS) is 12.2. The Kier molecular flexibility index (Phi) is 6.77. The second kappa shape index (κ2) is 8.09. The first kappa shape index (κ1) is 17.6. The van der Waals surface area contributed by atoms with Gasteiger partial charge in [-0.25, -0.2) is 0 Å². The van der Waals surface area contributed by atoms with Gasteiger partial charge in [0.05, 0.1) is 10.6 Å². The zero-order valence-corrected chi connectivity index (χ0v) is 13.7. The van der Waals surface area contributed by atoms with E-state index in [2.05, 4.69) is 35.1 Å². The lowest BCUT2D eigenvalue weighted by molar-refractivity contribution is -0.384. The Morgan fingerprint density at radius 1 is 1.48 bits per heavy atom. The zero-order chi connectivity index (χ0) is 16.0. The van der Waals surface area contributed by atoms with E-state index in [1.807, 2.05) is 0 Å². The van der Waals surface area contributed by atoms with E-state index in [0.717, 1.165) is 6.42 Å². The van der Waals surface area contributed by atoms with Gasteiger partial charge < -0.3 is 11.1 Å². The number of benzene rings is 1. The molecule has 0 aliphatic rings. The van der Waals surface area contributed by atoms with Crippen molar-refractivity contribution in [2.24, 2.45) is 17.6 Å². The van der Waals surface area contributed by atoms with Crippen LogP contribution in [0.15, 0.2) is 22.7 Å². The Morgan fingerprint density at radius 3 is 2.62 bits per heavy atom. The Bertz CT molecular complexity index is 520. The van der Waals surface area contributed by atoms with Crippen molar-refractivity contribution in [3.05, 3.63) is 32.8 Å². The molecule has 116 valence electrons. The monoisotopic (exact) mass is 357 g/mol. The number of halogens is 1. The van der Waals surface area contributed by atoms with Gasteiger partial charge in [-0.1, -0.05) is 13.8 Å². The molecule has 0 saturated carbocycles. The van der Waals surface area contributed by atoms with Crippen LogP contribution in [0.3, 0.4) is 0 Å². The summed E-state index contributed by atoms with van der Waals surface area (Å²) in [5.41, 5.74) is 6.17. The number of nitrogens with zero attached hydrogens (tertiary/aromatic N) is 1. The van der Waals surface area contributed by atoms with Crippen LogP contribution in [0.4, 0.5) is 11.4 Å². The van der Waals surface area contributed by atoms with Crippen LogP contribution in [0.25, 0.3) is 0 Å². The minimum absolute atomic E-state index is 0.0282. The van der Waals surface area contributed by atoms with E-state index in [9.17, 15) is 14.9 Å². The summed E-state index contributed by atoms with van der Waals surface area (Å²) in [7, 11) is 0. The summed E-state index contributed by atoms with van der Waals surface area (Å²) in [4.78, 5) is 22.2. The zero-order valence-electron chi connectivity index (χ0n) is 12.1. The summed E-state index contributed by atoms with van der Waals surface area (Å²) in [6.07, 6.45) is 1.24. The summed E-state index contributed by atoms with van der Waals surface area (Å²) in [5, 5.41) is 13.4. The smallest absolute Gasteiger partial charge is 0.270 e. The van der Waals surface area contributed by atoms with Crippen molar-refractivity contribution in [1.29, 1.82) is 0 Å². The highest BCUT2D eigenvalue weighted by Crippen LogP contribution is 2.27. The van der Waals surface area contributed by atoms with E-state index in [1.165, 1.54) is 18.2 Å². The lowest BCUT2D eigenvalue weighted by Gasteiger charge is -2.16. The first-order valence-corrected chi connectivity index (χ1v) is 7.56. The number of carbonyl (C=O) groups is 1. The van der Waals surface area contributed by atoms with Crippen LogP contribution in [0.2, 0.25) is 0 Å². The van der Waals surface area contributed by atoms with Gasteiger partial charge in [0.25, 0.3) is 5.69 Å². The number of nitrogens with two attached hydrogens (primary N) is 1. The van der Waals surface area contributed by atoms with Crippen molar-refractivity contribution < 1.29 is 9.72 Å². The third-order valence-electron chi connectivity index (χ3n) is 3.05. The van der Waals surface area contributed by atoms with Crippen molar-refractivity contribution in [3.63, 3.8) is 0 Å². The van der Waals surface area contributed by atoms with E-state index in [-0.39, 0.29) is 17.5 Å². The molecule has 0 saturated heterocycles. The van der Waals surface area contributed by atoms with Crippen LogP contribution in [0.1, 0.15) is 26.7 Å². The van der Waals surface area contributed by atoms with Gasteiger partial charge in [-0.15, -0.1) is 0 Å².